The zero-order valence-electron chi connectivity index (χ0n) is 15.4. The molecular weight excluding hydrogens is 392 g/mol. The average molecular weight is 410 g/mol. The minimum atomic E-state index is -3.92. The van der Waals surface area contributed by atoms with Crippen molar-refractivity contribution in [2.45, 2.75) is 11.8 Å². The summed E-state index contributed by atoms with van der Waals surface area (Å²) in [5, 5.41) is 13.5. The van der Waals surface area contributed by atoms with Crippen LogP contribution in [-0.4, -0.2) is 25.6 Å². The molecule has 0 saturated carbocycles. The number of amides is 1. The average Bonchev–Trinajstić information content (AvgIpc) is 2.69. The number of nitrogens with zero attached hydrogens (tertiary/aromatic N) is 1. The number of carbonyl (C=O) groups is 1. The molecular formula is C21H18N2O5S. The Bertz CT molecular complexity index is 1140. The van der Waals surface area contributed by atoms with Crippen molar-refractivity contribution in [1.82, 2.24) is 5.43 Å². The number of phenolic OH excluding ortho intramolecular Hbond substituents is 1. The van der Waals surface area contributed by atoms with Gasteiger partial charge in [-0.15, -0.1) is 0 Å². The van der Waals surface area contributed by atoms with Gasteiger partial charge >= 0.3 is 10.1 Å². The Morgan fingerprint density at radius 2 is 1.66 bits per heavy atom. The smallest absolute Gasteiger partial charge is 0.339 e. The molecule has 0 radical (unpaired) electrons. The van der Waals surface area contributed by atoms with Gasteiger partial charge in [-0.25, -0.2) is 5.43 Å². The molecule has 8 heteroatoms. The van der Waals surface area contributed by atoms with Gasteiger partial charge < -0.3 is 9.29 Å². The van der Waals surface area contributed by atoms with Crippen LogP contribution in [0.1, 0.15) is 21.5 Å². The van der Waals surface area contributed by atoms with Crippen molar-refractivity contribution in [3.05, 3.63) is 89.5 Å². The van der Waals surface area contributed by atoms with Crippen molar-refractivity contribution in [2.75, 3.05) is 0 Å². The SMILES string of the molecule is Cc1ccc(S(=O)(=O)Oc2ccc(/C=N/NC(=O)c3ccccc3O)cc2)cc1. The highest BCUT2D eigenvalue weighted by atomic mass is 32.2. The maximum Gasteiger partial charge on any atom is 0.339 e. The van der Waals surface area contributed by atoms with Crippen molar-refractivity contribution in [3.8, 4) is 11.5 Å². The standard InChI is InChI=1S/C21H18N2O5S/c1-15-6-12-18(13-7-15)29(26,27)28-17-10-8-16(9-11-17)14-22-23-21(25)19-4-2-3-5-20(19)24/h2-14,24H,1H3,(H,23,25)/b22-14+. The minimum absolute atomic E-state index is 0.0700. The van der Waals surface area contributed by atoms with Crippen LogP contribution in [0, 0.1) is 6.92 Å². The first-order valence-electron chi connectivity index (χ1n) is 8.58. The van der Waals surface area contributed by atoms with E-state index in [0.717, 1.165) is 5.56 Å². The van der Waals surface area contributed by atoms with Crippen LogP contribution in [0.25, 0.3) is 0 Å². The van der Waals surface area contributed by atoms with Crippen molar-refractivity contribution < 1.29 is 22.5 Å². The van der Waals surface area contributed by atoms with Gasteiger partial charge in [0.15, 0.2) is 0 Å². The van der Waals surface area contributed by atoms with Crippen molar-refractivity contribution in [1.29, 1.82) is 0 Å². The molecule has 1 amide bonds. The Labute approximate surface area is 168 Å². The number of para-hydroxylation sites is 1. The number of carbonyl (C=O) groups excluding carboxylic acids is 1. The number of aromatic hydroxyl groups is 1. The molecule has 3 aromatic carbocycles. The summed E-state index contributed by atoms with van der Waals surface area (Å²) in [7, 11) is -3.92. The summed E-state index contributed by atoms with van der Waals surface area (Å²) in [6.07, 6.45) is 1.39. The van der Waals surface area contributed by atoms with Gasteiger partial charge in [-0.1, -0.05) is 29.8 Å². The summed E-state index contributed by atoms with van der Waals surface area (Å²) in [6, 6.07) is 18.6. The predicted octanol–water partition coefficient (Wildman–Crippen LogP) is 3.23. The first-order chi connectivity index (χ1) is 13.8. The second-order valence-electron chi connectivity index (χ2n) is 6.14. The highest BCUT2D eigenvalue weighted by Crippen LogP contribution is 2.19. The molecule has 0 aromatic heterocycles. The summed E-state index contributed by atoms with van der Waals surface area (Å²) >= 11 is 0. The van der Waals surface area contributed by atoms with Crippen LogP contribution < -0.4 is 9.61 Å². The molecule has 2 N–H and O–H groups in total. The topological polar surface area (TPSA) is 105 Å². The minimum Gasteiger partial charge on any atom is -0.507 e. The number of rotatable bonds is 6. The van der Waals surface area contributed by atoms with Crippen LogP contribution in [0.5, 0.6) is 11.5 Å². The quantitative estimate of drug-likeness (QED) is 0.369. The molecule has 0 aliphatic heterocycles. The van der Waals surface area contributed by atoms with Gasteiger partial charge in [-0.2, -0.15) is 13.5 Å². The second-order valence-corrected chi connectivity index (χ2v) is 7.68. The molecule has 0 aliphatic carbocycles. The van der Waals surface area contributed by atoms with Crippen LogP contribution in [0.3, 0.4) is 0 Å². The Morgan fingerprint density at radius 1 is 1.00 bits per heavy atom. The lowest BCUT2D eigenvalue weighted by atomic mass is 10.2. The van der Waals surface area contributed by atoms with Gasteiger partial charge in [0, 0.05) is 0 Å². The number of aryl methyl sites for hydroxylation is 1. The summed E-state index contributed by atoms with van der Waals surface area (Å²) in [4.78, 5) is 12.0. The van der Waals surface area contributed by atoms with Crippen molar-refractivity contribution >= 4 is 22.2 Å². The molecule has 0 saturated heterocycles. The number of phenols is 1. The normalized spacial score (nSPS) is 11.3. The van der Waals surface area contributed by atoms with Gasteiger partial charge in [0.1, 0.15) is 16.4 Å². The summed E-state index contributed by atoms with van der Waals surface area (Å²) in [6.45, 7) is 1.86. The van der Waals surface area contributed by atoms with E-state index in [1.165, 1.54) is 42.6 Å². The lowest BCUT2D eigenvalue weighted by molar-refractivity contribution is 0.0952. The third-order valence-electron chi connectivity index (χ3n) is 3.92. The molecule has 0 atom stereocenters. The Balaban J connectivity index is 1.63. The predicted molar refractivity (Wildman–Crippen MR) is 109 cm³/mol. The molecule has 0 bridgehead atoms. The monoisotopic (exact) mass is 410 g/mol. The summed E-state index contributed by atoms with van der Waals surface area (Å²) < 4.78 is 29.7. The number of nitrogens with one attached hydrogen (secondary N) is 1. The van der Waals surface area contributed by atoms with Gasteiger partial charge in [-0.05, 0) is 61.0 Å². The van der Waals surface area contributed by atoms with Crippen LogP contribution >= 0.6 is 0 Å². The molecule has 3 rings (SSSR count). The fraction of sp³-hybridized carbons (Fsp3) is 0.0476. The van der Waals surface area contributed by atoms with Crippen molar-refractivity contribution in [2.24, 2.45) is 5.10 Å². The number of hydrazone groups is 1. The highest BCUT2D eigenvalue weighted by molar-refractivity contribution is 7.87. The maximum absolute atomic E-state index is 12.3. The third-order valence-corrected chi connectivity index (χ3v) is 5.19. The van der Waals surface area contributed by atoms with Crippen LogP contribution in [0.15, 0.2) is 82.8 Å². The molecule has 0 heterocycles. The fourth-order valence-corrected chi connectivity index (χ4v) is 3.31. The van der Waals surface area contributed by atoms with E-state index in [-0.39, 0.29) is 22.0 Å². The van der Waals surface area contributed by atoms with Gasteiger partial charge in [-0.3, -0.25) is 4.79 Å². The molecule has 0 aliphatic rings. The number of hydrogen-bond donors (Lipinski definition) is 2. The number of benzene rings is 3. The first kappa shape index (κ1) is 20.1. The first-order valence-corrected chi connectivity index (χ1v) is 9.98. The van der Waals surface area contributed by atoms with Gasteiger partial charge in [0.05, 0.1) is 11.8 Å². The number of hydrogen-bond acceptors (Lipinski definition) is 6. The molecule has 148 valence electrons. The summed E-state index contributed by atoms with van der Waals surface area (Å²) in [5.74, 6) is -0.541. The van der Waals surface area contributed by atoms with Crippen LogP contribution in [0.4, 0.5) is 0 Å². The second kappa shape index (κ2) is 8.57. The van der Waals surface area contributed by atoms with E-state index < -0.39 is 16.0 Å². The Kier molecular flexibility index (Phi) is 5.94. The lowest BCUT2D eigenvalue weighted by Gasteiger charge is -2.07. The molecule has 7 nitrogen and oxygen atoms in total. The van der Waals surface area contributed by atoms with Crippen LogP contribution in [0.2, 0.25) is 0 Å². The van der Waals surface area contributed by atoms with E-state index in [1.807, 2.05) is 6.92 Å². The van der Waals surface area contributed by atoms with E-state index in [4.69, 9.17) is 4.18 Å². The summed E-state index contributed by atoms with van der Waals surface area (Å²) in [5.41, 5.74) is 3.98. The highest BCUT2D eigenvalue weighted by Gasteiger charge is 2.16. The molecule has 0 spiro atoms. The molecule has 29 heavy (non-hydrogen) atoms. The van der Waals surface area contributed by atoms with Crippen molar-refractivity contribution in [3.63, 3.8) is 0 Å². The fourth-order valence-electron chi connectivity index (χ4n) is 2.38. The zero-order valence-corrected chi connectivity index (χ0v) is 16.3. The van der Waals surface area contributed by atoms with Crippen LogP contribution in [-0.2, 0) is 10.1 Å². The van der Waals surface area contributed by atoms with Gasteiger partial charge in [0.2, 0.25) is 0 Å². The van der Waals surface area contributed by atoms with E-state index in [2.05, 4.69) is 10.5 Å². The largest absolute Gasteiger partial charge is 0.507 e. The van der Waals surface area contributed by atoms with E-state index in [0.29, 0.717) is 5.56 Å². The molecule has 3 aromatic rings. The zero-order chi connectivity index (χ0) is 20.9. The van der Waals surface area contributed by atoms with E-state index in [9.17, 15) is 18.3 Å². The third kappa shape index (κ3) is 5.20. The van der Waals surface area contributed by atoms with E-state index in [1.54, 1.807) is 36.4 Å². The Hall–Kier alpha value is -3.65. The lowest BCUT2D eigenvalue weighted by Crippen LogP contribution is -2.17. The molecule has 0 fully saturated rings. The Morgan fingerprint density at radius 3 is 2.31 bits per heavy atom. The van der Waals surface area contributed by atoms with Gasteiger partial charge in [0.25, 0.3) is 5.91 Å². The van der Waals surface area contributed by atoms with E-state index >= 15 is 0 Å². The molecule has 0 unspecified atom stereocenters. The maximum atomic E-state index is 12.3.